The Bertz CT molecular complexity index is 1960. The van der Waals surface area contributed by atoms with Gasteiger partial charge in [-0.25, -0.2) is 13.1 Å². The topological polar surface area (TPSA) is 101 Å². The molecule has 4 fully saturated rings. The van der Waals surface area contributed by atoms with Crippen LogP contribution in [0.4, 0.5) is 0 Å². The number of amides is 2. The van der Waals surface area contributed by atoms with Crippen LogP contribution in [-0.2, 0) is 26.2 Å². The Labute approximate surface area is 289 Å². The van der Waals surface area contributed by atoms with E-state index in [-0.39, 0.29) is 29.8 Å². The number of sulfonamides is 1. The van der Waals surface area contributed by atoms with Crippen LogP contribution in [0.1, 0.15) is 101 Å². The van der Waals surface area contributed by atoms with Gasteiger partial charge in [0, 0.05) is 48.7 Å². The Hall–Kier alpha value is -3.37. The van der Waals surface area contributed by atoms with Crippen LogP contribution in [0.25, 0.3) is 10.9 Å². The minimum atomic E-state index is -3.81. The van der Waals surface area contributed by atoms with Crippen LogP contribution in [0.3, 0.4) is 0 Å². The van der Waals surface area contributed by atoms with Gasteiger partial charge in [-0.2, -0.15) is 0 Å². The molecule has 10 heteroatoms. The molecule has 2 aromatic rings. The number of nitrogens with zero attached hydrogens (tertiary/aromatic N) is 3. The molecule has 2 saturated carbocycles. The fraction of sp³-hybridized carbons (Fsp3) is 0.590. The molecule has 49 heavy (non-hydrogen) atoms. The fourth-order valence-corrected chi connectivity index (χ4v) is 12.0. The normalized spacial score (nSPS) is 29.0. The first-order valence-electron chi connectivity index (χ1n) is 18.6. The fourth-order valence-electron chi connectivity index (χ4n) is 10.4. The second-order valence-electron chi connectivity index (χ2n) is 15.8. The number of aromatic nitrogens is 1. The zero-order chi connectivity index (χ0) is 33.8. The molecule has 260 valence electrons. The van der Waals surface area contributed by atoms with E-state index in [1.54, 1.807) is 7.11 Å². The third-order valence-corrected chi connectivity index (χ3v) is 15.5. The molecule has 2 saturated heterocycles. The van der Waals surface area contributed by atoms with Crippen molar-refractivity contribution in [3.05, 3.63) is 63.9 Å². The molecule has 2 amide bonds. The van der Waals surface area contributed by atoms with Crippen molar-refractivity contribution < 1.29 is 22.7 Å². The Morgan fingerprint density at radius 2 is 1.78 bits per heavy atom. The largest absolute Gasteiger partial charge is 0.496 e. The van der Waals surface area contributed by atoms with Crippen LogP contribution in [0.15, 0.2) is 52.6 Å². The number of hydrogen-bond acceptors (Lipinski definition) is 6. The molecular formula is C39H48N4O5S. The lowest BCUT2D eigenvalue weighted by Gasteiger charge is -2.43. The van der Waals surface area contributed by atoms with Gasteiger partial charge in [-0.15, -0.1) is 0 Å². The molecule has 4 heterocycles. The van der Waals surface area contributed by atoms with E-state index >= 15 is 0 Å². The number of methoxy groups -OCH3 is 1. The molecule has 9 rings (SSSR count). The molecule has 7 aliphatic rings. The van der Waals surface area contributed by atoms with Gasteiger partial charge in [-0.1, -0.05) is 44.4 Å². The summed E-state index contributed by atoms with van der Waals surface area (Å²) < 4.78 is 36.8. The van der Waals surface area contributed by atoms with E-state index in [0.717, 1.165) is 77.8 Å². The van der Waals surface area contributed by atoms with Crippen LogP contribution in [0, 0.1) is 5.92 Å². The van der Waals surface area contributed by atoms with E-state index in [1.807, 2.05) is 6.92 Å². The molecule has 1 aromatic carbocycles. The summed E-state index contributed by atoms with van der Waals surface area (Å²) in [5.74, 6) is 0.364. The average Bonchev–Trinajstić information content (AvgIpc) is 3.99. The highest BCUT2D eigenvalue weighted by Crippen LogP contribution is 2.56. The lowest BCUT2D eigenvalue weighted by atomic mass is 9.75. The number of carbonyl (C=O) groups excluding carboxylic acids is 2. The van der Waals surface area contributed by atoms with Crippen molar-refractivity contribution in [2.45, 2.75) is 113 Å². The lowest BCUT2D eigenvalue weighted by molar-refractivity contribution is -0.141. The zero-order valence-corrected chi connectivity index (χ0v) is 29.8. The number of benzene rings is 1. The Balaban J connectivity index is 1.20. The van der Waals surface area contributed by atoms with Crippen LogP contribution in [-0.4, -0.2) is 78.7 Å². The molecule has 1 N–H and O–H groups in total. The quantitative estimate of drug-likeness (QED) is 0.404. The molecule has 2 bridgehead atoms. The number of hydrogen-bond donors (Lipinski definition) is 1. The van der Waals surface area contributed by atoms with Gasteiger partial charge in [0.25, 0.3) is 5.91 Å². The number of allylic oxidation sites excluding steroid dienone is 4. The first-order chi connectivity index (χ1) is 23.7. The second-order valence-corrected chi connectivity index (χ2v) is 17.9. The van der Waals surface area contributed by atoms with Gasteiger partial charge < -0.3 is 19.1 Å². The molecule has 0 spiro atoms. The zero-order valence-electron chi connectivity index (χ0n) is 29.0. The van der Waals surface area contributed by atoms with Crippen molar-refractivity contribution in [2.75, 3.05) is 27.2 Å². The Morgan fingerprint density at radius 1 is 1.04 bits per heavy atom. The number of likely N-dealkylation sites (tertiary alicyclic amines) is 1. The number of likely N-dealkylation sites (N-methyl/N-ethyl adjacent to an activating group) is 1. The van der Waals surface area contributed by atoms with Crippen molar-refractivity contribution >= 4 is 32.7 Å². The standard InChI is InChI=1S/C39H48N4O5S/c1-4-39(17-18-39)49(46,47)40-37(44)35-30-22-42-31(19-29-32(48-3)16-15-26(36(29)42)23-9-6-5-7-10-23)33-27(34(30)35)11-8-12-28(33)38(45)43-24-13-14-25(43)21-41(2)20-24/h8,11,15-16,19,23-25,28,33H,4-7,9-10,12-14,17-18,20-22H2,1-3H3,(H,40,44)/t24?,25?,28-,33?/m1/s1. The van der Waals surface area contributed by atoms with Crippen molar-refractivity contribution in [3.63, 3.8) is 0 Å². The number of piperazine rings is 1. The third-order valence-electron chi connectivity index (χ3n) is 13.2. The Kier molecular flexibility index (Phi) is 7.30. The van der Waals surface area contributed by atoms with E-state index in [0.29, 0.717) is 43.7 Å². The van der Waals surface area contributed by atoms with E-state index in [9.17, 15) is 18.0 Å². The maximum atomic E-state index is 14.9. The van der Waals surface area contributed by atoms with E-state index < -0.39 is 20.7 Å². The summed E-state index contributed by atoms with van der Waals surface area (Å²) in [6, 6.07) is 7.04. The van der Waals surface area contributed by atoms with Crippen molar-refractivity contribution in [2.24, 2.45) is 5.92 Å². The summed E-state index contributed by atoms with van der Waals surface area (Å²) in [7, 11) is 0.0592. The molecule has 4 atom stereocenters. The summed E-state index contributed by atoms with van der Waals surface area (Å²) in [5.41, 5.74) is 6.75. The van der Waals surface area contributed by atoms with E-state index in [1.165, 1.54) is 24.8 Å². The van der Waals surface area contributed by atoms with Gasteiger partial charge in [-0.3, -0.25) is 9.59 Å². The highest BCUT2D eigenvalue weighted by atomic mass is 32.2. The second kappa shape index (κ2) is 11.3. The minimum absolute atomic E-state index is 0.209. The predicted molar refractivity (Wildman–Crippen MR) is 189 cm³/mol. The van der Waals surface area contributed by atoms with Gasteiger partial charge in [0.2, 0.25) is 15.9 Å². The monoisotopic (exact) mass is 684 g/mol. The van der Waals surface area contributed by atoms with Gasteiger partial charge in [-0.05, 0) is 98.7 Å². The molecule has 3 unspecified atom stereocenters. The third kappa shape index (κ3) is 4.75. The lowest BCUT2D eigenvalue weighted by Crippen LogP contribution is -2.56. The summed E-state index contributed by atoms with van der Waals surface area (Å²) in [5, 5.41) is 1.05. The Morgan fingerprint density at radius 3 is 2.45 bits per heavy atom. The van der Waals surface area contributed by atoms with Crippen LogP contribution in [0.5, 0.6) is 5.75 Å². The summed E-state index contributed by atoms with van der Waals surface area (Å²) >= 11 is 0. The number of carbonyl (C=O) groups is 2. The maximum absolute atomic E-state index is 14.9. The van der Waals surface area contributed by atoms with Crippen molar-refractivity contribution in [1.82, 2.24) is 19.1 Å². The first kappa shape index (κ1) is 31.6. The predicted octanol–water partition coefficient (Wildman–Crippen LogP) is 5.67. The van der Waals surface area contributed by atoms with Crippen molar-refractivity contribution in [1.29, 1.82) is 0 Å². The molecular weight excluding hydrogens is 637 g/mol. The molecule has 9 nitrogen and oxygen atoms in total. The minimum Gasteiger partial charge on any atom is -0.496 e. The summed E-state index contributed by atoms with van der Waals surface area (Å²) in [6.07, 6.45) is 14.5. The molecule has 3 aliphatic heterocycles. The maximum Gasteiger partial charge on any atom is 0.265 e. The van der Waals surface area contributed by atoms with Crippen molar-refractivity contribution in [3.8, 4) is 5.75 Å². The van der Waals surface area contributed by atoms with Crippen LogP contribution < -0.4 is 9.46 Å². The summed E-state index contributed by atoms with van der Waals surface area (Å²) in [6.45, 7) is 4.14. The number of ether oxygens (including phenoxy) is 1. The van der Waals surface area contributed by atoms with Crippen LogP contribution >= 0.6 is 0 Å². The number of fused-ring (bicyclic) bond motifs is 8. The van der Waals surface area contributed by atoms with E-state index in [4.69, 9.17) is 4.74 Å². The van der Waals surface area contributed by atoms with Gasteiger partial charge in [0.15, 0.2) is 0 Å². The molecule has 1 aromatic heterocycles. The number of rotatable bonds is 7. The summed E-state index contributed by atoms with van der Waals surface area (Å²) in [4.78, 5) is 33.4. The first-order valence-corrected chi connectivity index (χ1v) is 20.1. The molecule has 4 aliphatic carbocycles. The SMILES string of the molecule is CCC1(S(=O)(=O)NC(=O)C2=C3Cn4c(cc5c(OC)ccc(C6CCCCC6)c54)C4C(=C32)C=CC[C@H]4C(=O)N2C3CCC2CN(C)C3)CC1. The average molecular weight is 685 g/mol. The highest BCUT2D eigenvalue weighted by molar-refractivity contribution is 7.91. The highest BCUT2D eigenvalue weighted by Gasteiger charge is 2.55. The van der Waals surface area contributed by atoms with Crippen LogP contribution in [0.2, 0.25) is 0 Å². The number of nitrogens with one attached hydrogen (secondary N) is 1. The smallest absolute Gasteiger partial charge is 0.265 e. The van der Waals surface area contributed by atoms with E-state index in [2.05, 4.69) is 56.5 Å². The van der Waals surface area contributed by atoms with Gasteiger partial charge in [0.1, 0.15) is 5.75 Å². The van der Waals surface area contributed by atoms with Gasteiger partial charge in [0.05, 0.1) is 28.9 Å². The molecule has 0 radical (unpaired) electrons. The van der Waals surface area contributed by atoms with Gasteiger partial charge >= 0.3 is 0 Å².